The molecular weight excluding hydrogens is 136 g/mol. The molecule has 0 saturated heterocycles. The fraction of sp³-hybridized carbons (Fsp3) is 0.750. The van der Waals surface area contributed by atoms with Gasteiger partial charge in [-0.05, 0) is 0 Å². The summed E-state index contributed by atoms with van der Waals surface area (Å²) in [5.74, 6) is 0. The van der Waals surface area contributed by atoms with Crippen LogP contribution in [0.3, 0.4) is 0 Å². The van der Waals surface area contributed by atoms with Gasteiger partial charge < -0.3 is 17.8 Å². The standard InChI is InChI=1S/C4H8O4.Mg.2H/c5-2-1-3-8-4(6)7;;;/h5H,1-3H2,(H,6,7);;;/q;+2;2*-1. The molecule has 0 radical (unpaired) electrons. The summed E-state index contributed by atoms with van der Waals surface area (Å²) in [4.78, 5) is 9.57. The Bertz CT molecular complexity index is 82.5. The summed E-state index contributed by atoms with van der Waals surface area (Å²) in [7, 11) is 0. The Morgan fingerprint density at radius 1 is 1.67 bits per heavy atom. The van der Waals surface area contributed by atoms with Gasteiger partial charge in [0, 0.05) is 13.0 Å². The first kappa shape index (κ1) is 11.8. The first-order valence-corrected chi connectivity index (χ1v) is 2.24. The molecule has 0 atom stereocenters. The van der Waals surface area contributed by atoms with Crippen LogP contribution in [0.5, 0.6) is 0 Å². The van der Waals surface area contributed by atoms with E-state index in [0.29, 0.717) is 6.42 Å². The molecule has 0 bridgehead atoms. The molecule has 0 heterocycles. The van der Waals surface area contributed by atoms with E-state index in [1.165, 1.54) is 0 Å². The predicted molar refractivity (Wildman–Crippen MR) is 33.7 cm³/mol. The zero-order valence-corrected chi connectivity index (χ0v) is 6.45. The van der Waals surface area contributed by atoms with E-state index in [4.69, 9.17) is 10.2 Å². The molecule has 9 heavy (non-hydrogen) atoms. The van der Waals surface area contributed by atoms with Gasteiger partial charge in [0.2, 0.25) is 0 Å². The molecule has 0 saturated carbocycles. The largest absolute Gasteiger partial charge is 2.00 e. The van der Waals surface area contributed by atoms with E-state index >= 15 is 0 Å². The molecule has 5 heteroatoms. The van der Waals surface area contributed by atoms with Crippen molar-refractivity contribution in [2.75, 3.05) is 13.2 Å². The molecule has 0 aliphatic heterocycles. The molecule has 0 fully saturated rings. The molecule has 0 aliphatic carbocycles. The Kier molecular flexibility index (Phi) is 10.4. The van der Waals surface area contributed by atoms with Crippen molar-refractivity contribution in [2.45, 2.75) is 6.42 Å². The van der Waals surface area contributed by atoms with E-state index in [1.54, 1.807) is 0 Å². The van der Waals surface area contributed by atoms with Gasteiger partial charge in [-0.25, -0.2) is 4.79 Å². The third-order valence-corrected chi connectivity index (χ3v) is 0.528. The summed E-state index contributed by atoms with van der Waals surface area (Å²) in [5, 5.41) is 15.9. The Hall–Kier alpha value is -0.00377. The van der Waals surface area contributed by atoms with E-state index in [2.05, 4.69) is 4.74 Å². The van der Waals surface area contributed by atoms with E-state index in [0.717, 1.165) is 0 Å². The second kappa shape index (κ2) is 8.00. The predicted octanol–water partition coefficient (Wildman–Crippen LogP) is -0.0924. The molecule has 0 aromatic carbocycles. The van der Waals surface area contributed by atoms with Crippen LogP contribution in [0.15, 0.2) is 0 Å². The van der Waals surface area contributed by atoms with Crippen LogP contribution in [0.25, 0.3) is 0 Å². The topological polar surface area (TPSA) is 66.8 Å². The summed E-state index contributed by atoms with van der Waals surface area (Å²) in [6, 6.07) is 0. The quantitative estimate of drug-likeness (QED) is 0.332. The second-order valence-corrected chi connectivity index (χ2v) is 1.19. The summed E-state index contributed by atoms with van der Waals surface area (Å²) >= 11 is 0. The van der Waals surface area contributed by atoms with Crippen molar-refractivity contribution in [3.05, 3.63) is 0 Å². The second-order valence-electron chi connectivity index (χ2n) is 1.19. The SMILES string of the molecule is O=C(O)OCCCO.[H-].[H-].[Mg+2]. The third kappa shape index (κ3) is 11.5. The molecular formula is C4H10MgO4. The van der Waals surface area contributed by atoms with Crippen LogP contribution in [0.1, 0.15) is 9.27 Å². The van der Waals surface area contributed by atoms with Crippen molar-refractivity contribution in [1.29, 1.82) is 0 Å². The molecule has 0 amide bonds. The van der Waals surface area contributed by atoms with Gasteiger partial charge in [0.25, 0.3) is 0 Å². The average Bonchev–Trinajstić information content (AvgIpc) is 1.66. The maximum absolute atomic E-state index is 9.57. The van der Waals surface area contributed by atoms with Gasteiger partial charge in [-0.3, -0.25) is 0 Å². The van der Waals surface area contributed by atoms with Crippen LogP contribution >= 0.6 is 0 Å². The smallest absolute Gasteiger partial charge is 1.00 e. The van der Waals surface area contributed by atoms with Gasteiger partial charge >= 0.3 is 29.2 Å². The number of ether oxygens (including phenoxy) is 1. The number of carboxylic acid groups (broad SMARTS) is 1. The Balaban J connectivity index is -0.0000000817. The summed E-state index contributed by atoms with van der Waals surface area (Å²) in [6.07, 6.45) is -0.926. The van der Waals surface area contributed by atoms with Crippen molar-refractivity contribution in [2.24, 2.45) is 0 Å². The van der Waals surface area contributed by atoms with Gasteiger partial charge in [0.1, 0.15) is 0 Å². The van der Waals surface area contributed by atoms with Crippen LogP contribution in [0.4, 0.5) is 4.79 Å². The van der Waals surface area contributed by atoms with Crippen LogP contribution in [0.2, 0.25) is 0 Å². The summed E-state index contributed by atoms with van der Waals surface area (Å²) < 4.78 is 4.04. The fourth-order valence-electron chi connectivity index (χ4n) is 0.224. The average molecular weight is 146 g/mol. The maximum atomic E-state index is 9.57. The molecule has 4 nitrogen and oxygen atoms in total. The van der Waals surface area contributed by atoms with Gasteiger partial charge in [-0.1, -0.05) is 0 Å². The minimum atomic E-state index is -1.29. The Morgan fingerprint density at radius 3 is 2.56 bits per heavy atom. The molecule has 52 valence electrons. The number of hydrogen-bond acceptors (Lipinski definition) is 3. The monoisotopic (exact) mass is 146 g/mol. The van der Waals surface area contributed by atoms with Crippen LogP contribution < -0.4 is 0 Å². The number of rotatable bonds is 3. The minimum absolute atomic E-state index is 0. The van der Waals surface area contributed by atoms with E-state index in [1.807, 2.05) is 0 Å². The Labute approximate surface area is 71.9 Å². The minimum Gasteiger partial charge on any atom is -1.00 e. The van der Waals surface area contributed by atoms with Crippen LogP contribution in [-0.2, 0) is 4.74 Å². The zero-order valence-electron chi connectivity index (χ0n) is 7.04. The Morgan fingerprint density at radius 2 is 2.22 bits per heavy atom. The maximum Gasteiger partial charge on any atom is 2.00 e. The summed E-state index contributed by atoms with van der Waals surface area (Å²) in [6.45, 7) is 0.0408. The van der Waals surface area contributed by atoms with Crippen molar-refractivity contribution in [3.63, 3.8) is 0 Å². The molecule has 2 N–H and O–H groups in total. The zero-order chi connectivity index (χ0) is 6.41. The molecule has 0 aromatic heterocycles. The first-order chi connectivity index (χ1) is 3.77. The van der Waals surface area contributed by atoms with Gasteiger partial charge in [0.05, 0.1) is 6.61 Å². The van der Waals surface area contributed by atoms with Gasteiger partial charge in [-0.15, -0.1) is 0 Å². The number of hydrogen-bond donors (Lipinski definition) is 2. The van der Waals surface area contributed by atoms with E-state index < -0.39 is 6.16 Å². The molecule has 0 aliphatic rings. The first-order valence-electron chi connectivity index (χ1n) is 2.24. The van der Waals surface area contributed by atoms with Gasteiger partial charge in [0.15, 0.2) is 0 Å². The molecule has 0 unspecified atom stereocenters. The summed E-state index contributed by atoms with van der Waals surface area (Å²) in [5.41, 5.74) is 0. The van der Waals surface area contributed by atoms with E-state index in [-0.39, 0.29) is 39.1 Å². The third-order valence-electron chi connectivity index (χ3n) is 0.528. The van der Waals surface area contributed by atoms with Crippen molar-refractivity contribution in [3.8, 4) is 0 Å². The molecule has 0 spiro atoms. The van der Waals surface area contributed by atoms with E-state index in [9.17, 15) is 4.79 Å². The number of aliphatic hydroxyl groups is 1. The fourth-order valence-corrected chi connectivity index (χ4v) is 0.224. The number of aliphatic hydroxyl groups excluding tert-OH is 1. The van der Waals surface area contributed by atoms with Crippen LogP contribution in [-0.4, -0.2) is 52.6 Å². The van der Waals surface area contributed by atoms with Crippen LogP contribution in [0, 0.1) is 0 Å². The van der Waals surface area contributed by atoms with Gasteiger partial charge in [-0.2, -0.15) is 0 Å². The van der Waals surface area contributed by atoms with Crippen molar-refractivity contribution >= 4 is 29.2 Å². The normalized spacial score (nSPS) is 7.67. The van der Waals surface area contributed by atoms with Crippen molar-refractivity contribution < 1.29 is 22.6 Å². The molecule has 0 rings (SSSR count). The number of carbonyl (C=O) groups is 1. The molecule has 0 aromatic rings. The van der Waals surface area contributed by atoms with Crippen molar-refractivity contribution in [1.82, 2.24) is 0 Å².